The fraction of sp³-hybridized carbons (Fsp3) is 0.278. The number of aromatic hydroxyl groups is 1. The van der Waals surface area contributed by atoms with Gasteiger partial charge in [-0.15, -0.1) is 11.3 Å². The van der Waals surface area contributed by atoms with Gasteiger partial charge in [-0.3, -0.25) is 0 Å². The van der Waals surface area contributed by atoms with E-state index in [-0.39, 0.29) is 11.4 Å². The van der Waals surface area contributed by atoms with Crippen molar-refractivity contribution in [1.29, 1.82) is 0 Å². The smallest absolute Gasteiger partial charge is 0.336 e. The first-order valence-electron chi connectivity index (χ1n) is 7.78. The molecule has 1 aliphatic heterocycles. The molecular formula is C18H18NO3S+. The molecule has 0 spiro atoms. The van der Waals surface area contributed by atoms with E-state index in [0.717, 1.165) is 30.5 Å². The second-order valence-corrected chi connectivity index (χ2v) is 7.13. The van der Waals surface area contributed by atoms with Crippen LogP contribution in [0.5, 0.6) is 5.75 Å². The first-order valence-corrected chi connectivity index (χ1v) is 8.66. The zero-order valence-electron chi connectivity index (χ0n) is 12.8. The van der Waals surface area contributed by atoms with Gasteiger partial charge in [-0.1, -0.05) is 0 Å². The van der Waals surface area contributed by atoms with Gasteiger partial charge in [-0.05, 0) is 30.5 Å². The predicted octanol–water partition coefficient (Wildman–Crippen LogP) is 2.26. The van der Waals surface area contributed by atoms with Gasteiger partial charge < -0.3 is 14.4 Å². The quantitative estimate of drug-likeness (QED) is 0.710. The topological polar surface area (TPSA) is 54.9 Å². The first kappa shape index (κ1) is 14.5. The van der Waals surface area contributed by atoms with Gasteiger partial charge in [0, 0.05) is 39.9 Å². The summed E-state index contributed by atoms with van der Waals surface area (Å²) in [7, 11) is 0. The van der Waals surface area contributed by atoms with E-state index in [0.29, 0.717) is 11.6 Å². The summed E-state index contributed by atoms with van der Waals surface area (Å²) >= 11 is 1.84. The number of thiophene rings is 1. The Morgan fingerprint density at radius 2 is 2.22 bits per heavy atom. The van der Waals surface area contributed by atoms with Crippen molar-refractivity contribution >= 4 is 22.3 Å². The SMILES string of the molecule is C[C@H]1c2ccsc2CC[NH+]1Cc1cc(=O)oc2cc(O)ccc12. The largest absolute Gasteiger partial charge is 0.508 e. The molecule has 0 radical (unpaired) electrons. The number of hydrogen-bond acceptors (Lipinski definition) is 4. The fourth-order valence-electron chi connectivity index (χ4n) is 3.50. The molecule has 2 atom stereocenters. The maximum absolute atomic E-state index is 11.8. The number of fused-ring (bicyclic) bond motifs is 2. The van der Waals surface area contributed by atoms with Crippen molar-refractivity contribution in [3.8, 4) is 5.75 Å². The lowest BCUT2D eigenvalue weighted by Gasteiger charge is -2.30. The standard InChI is InChI=1S/C18H17NO3S/c1-11-14-5-7-23-17(14)4-6-19(11)10-12-8-18(21)22-16-9-13(20)2-3-15(12)16/h2-3,5,7-9,11,20H,4,6,10H2,1H3/p+1/t11-/m0/s1. The third-order valence-corrected chi connectivity index (χ3v) is 5.76. The summed E-state index contributed by atoms with van der Waals surface area (Å²) in [4.78, 5) is 14.8. The van der Waals surface area contributed by atoms with Gasteiger partial charge in [0.05, 0.1) is 6.54 Å². The van der Waals surface area contributed by atoms with Crippen molar-refractivity contribution in [1.82, 2.24) is 0 Å². The van der Waals surface area contributed by atoms with E-state index in [4.69, 9.17) is 4.42 Å². The lowest BCUT2D eigenvalue weighted by molar-refractivity contribution is -0.945. The summed E-state index contributed by atoms with van der Waals surface area (Å²) in [5.41, 5.74) is 2.50. The number of hydrogen-bond donors (Lipinski definition) is 2. The Labute approximate surface area is 137 Å². The zero-order valence-corrected chi connectivity index (χ0v) is 13.7. The van der Waals surface area contributed by atoms with Gasteiger partial charge >= 0.3 is 5.63 Å². The second kappa shape index (κ2) is 5.51. The van der Waals surface area contributed by atoms with Crippen LogP contribution in [0.25, 0.3) is 11.0 Å². The Balaban J connectivity index is 1.72. The molecule has 5 heteroatoms. The molecule has 0 amide bonds. The maximum atomic E-state index is 11.8. The van der Waals surface area contributed by atoms with Gasteiger partial charge in [-0.25, -0.2) is 4.79 Å². The number of phenolic OH excluding ortho intramolecular Hbond substituents is 1. The van der Waals surface area contributed by atoms with Crippen molar-refractivity contribution in [2.75, 3.05) is 6.54 Å². The van der Waals surface area contributed by atoms with E-state index in [1.165, 1.54) is 21.4 Å². The molecule has 4 rings (SSSR count). The van der Waals surface area contributed by atoms with E-state index in [2.05, 4.69) is 18.4 Å². The highest BCUT2D eigenvalue weighted by Crippen LogP contribution is 2.26. The highest BCUT2D eigenvalue weighted by molar-refractivity contribution is 7.10. The van der Waals surface area contributed by atoms with Crippen LogP contribution < -0.4 is 10.5 Å². The fourth-order valence-corrected chi connectivity index (χ4v) is 4.48. The Morgan fingerprint density at radius 3 is 3.09 bits per heavy atom. The van der Waals surface area contributed by atoms with Gasteiger partial charge in [0.1, 0.15) is 23.9 Å². The summed E-state index contributed by atoms with van der Waals surface area (Å²) in [6.07, 6.45) is 1.09. The number of rotatable bonds is 2. The molecule has 3 aromatic rings. The van der Waals surface area contributed by atoms with Crippen molar-refractivity contribution in [2.45, 2.75) is 25.9 Å². The molecule has 0 fully saturated rings. The van der Waals surface area contributed by atoms with E-state index < -0.39 is 0 Å². The monoisotopic (exact) mass is 328 g/mol. The summed E-state index contributed by atoms with van der Waals surface area (Å²) in [5, 5.41) is 12.7. The molecular weight excluding hydrogens is 310 g/mol. The van der Waals surface area contributed by atoms with Crippen LogP contribution in [0.3, 0.4) is 0 Å². The van der Waals surface area contributed by atoms with Crippen LogP contribution in [0.15, 0.2) is 44.9 Å². The number of nitrogens with one attached hydrogen (secondary N) is 1. The van der Waals surface area contributed by atoms with Crippen LogP contribution in [-0.2, 0) is 13.0 Å². The average molecular weight is 328 g/mol. The Hall–Kier alpha value is -2.11. The van der Waals surface area contributed by atoms with Crippen LogP contribution in [0, 0.1) is 0 Å². The summed E-state index contributed by atoms with van der Waals surface area (Å²) in [6.45, 7) is 4.09. The summed E-state index contributed by atoms with van der Waals surface area (Å²) in [5.74, 6) is 0.111. The predicted molar refractivity (Wildman–Crippen MR) is 90.1 cm³/mol. The third kappa shape index (κ3) is 2.56. The highest BCUT2D eigenvalue weighted by Gasteiger charge is 2.28. The Morgan fingerprint density at radius 1 is 1.35 bits per heavy atom. The van der Waals surface area contributed by atoms with Crippen LogP contribution in [0.1, 0.15) is 29.0 Å². The minimum absolute atomic E-state index is 0.111. The van der Waals surface area contributed by atoms with Gasteiger partial charge in [-0.2, -0.15) is 0 Å². The van der Waals surface area contributed by atoms with E-state index in [1.54, 1.807) is 12.1 Å². The molecule has 1 unspecified atom stereocenters. The van der Waals surface area contributed by atoms with Crippen LogP contribution in [0.4, 0.5) is 0 Å². The lowest BCUT2D eigenvalue weighted by atomic mass is 10.00. The molecule has 118 valence electrons. The van der Waals surface area contributed by atoms with Crippen molar-refractivity contribution in [3.05, 3.63) is 62.1 Å². The van der Waals surface area contributed by atoms with Gasteiger partial charge in [0.25, 0.3) is 0 Å². The van der Waals surface area contributed by atoms with Crippen molar-refractivity contribution in [3.63, 3.8) is 0 Å². The molecule has 3 heterocycles. The molecule has 0 saturated heterocycles. The third-order valence-electron chi connectivity index (χ3n) is 4.76. The van der Waals surface area contributed by atoms with Gasteiger partial charge in [0.15, 0.2) is 0 Å². The normalized spacial score (nSPS) is 20.6. The van der Waals surface area contributed by atoms with Crippen molar-refractivity contribution in [2.24, 2.45) is 0 Å². The highest BCUT2D eigenvalue weighted by atomic mass is 32.1. The molecule has 1 aliphatic rings. The zero-order chi connectivity index (χ0) is 16.0. The minimum atomic E-state index is -0.363. The average Bonchev–Trinajstić information content (AvgIpc) is 2.98. The molecule has 4 nitrogen and oxygen atoms in total. The molecule has 0 aliphatic carbocycles. The van der Waals surface area contributed by atoms with Crippen LogP contribution in [-0.4, -0.2) is 11.7 Å². The number of benzene rings is 1. The van der Waals surface area contributed by atoms with E-state index >= 15 is 0 Å². The maximum Gasteiger partial charge on any atom is 0.336 e. The Kier molecular flexibility index (Phi) is 3.47. The first-order chi connectivity index (χ1) is 11.1. The van der Waals surface area contributed by atoms with Crippen LogP contribution >= 0.6 is 11.3 Å². The Bertz CT molecular complexity index is 927. The molecule has 2 N–H and O–H groups in total. The molecule has 0 bridgehead atoms. The molecule has 2 aromatic heterocycles. The molecule has 0 saturated carbocycles. The second-order valence-electron chi connectivity index (χ2n) is 6.13. The molecule has 1 aromatic carbocycles. The van der Waals surface area contributed by atoms with Gasteiger partial charge in [0.2, 0.25) is 0 Å². The van der Waals surface area contributed by atoms with E-state index in [1.807, 2.05) is 17.4 Å². The van der Waals surface area contributed by atoms with Crippen molar-refractivity contribution < 1.29 is 14.4 Å². The summed E-state index contributed by atoms with van der Waals surface area (Å²) in [6, 6.07) is 9.20. The van der Waals surface area contributed by atoms with Crippen LogP contribution in [0.2, 0.25) is 0 Å². The lowest BCUT2D eigenvalue weighted by Crippen LogP contribution is -3.11. The number of quaternary nitrogens is 1. The number of phenols is 1. The molecule has 23 heavy (non-hydrogen) atoms. The minimum Gasteiger partial charge on any atom is -0.508 e. The van der Waals surface area contributed by atoms with E-state index in [9.17, 15) is 9.90 Å². The summed E-state index contributed by atoms with van der Waals surface area (Å²) < 4.78 is 5.22.